The van der Waals surface area contributed by atoms with Gasteiger partial charge in [-0.3, -0.25) is 4.79 Å². The molecule has 1 amide bonds. The Bertz CT molecular complexity index is 1340. The van der Waals surface area contributed by atoms with Crippen LogP contribution in [0.5, 0.6) is 0 Å². The molecule has 0 radical (unpaired) electrons. The lowest BCUT2D eigenvalue weighted by molar-refractivity contribution is -0.146. The van der Waals surface area contributed by atoms with Crippen LogP contribution in [0.4, 0.5) is 24.7 Å². The quantitative estimate of drug-likeness (QED) is 0.458. The molecule has 0 aliphatic carbocycles. The highest BCUT2D eigenvalue weighted by Gasteiger charge is 2.38. The van der Waals surface area contributed by atoms with Gasteiger partial charge in [0.2, 0.25) is 5.91 Å². The third-order valence-electron chi connectivity index (χ3n) is 5.74. The van der Waals surface area contributed by atoms with Crippen LogP contribution in [0.15, 0.2) is 41.8 Å². The van der Waals surface area contributed by atoms with E-state index in [9.17, 15) is 18.0 Å². The fourth-order valence-electron chi connectivity index (χ4n) is 3.99. The van der Waals surface area contributed by atoms with Gasteiger partial charge < -0.3 is 10.2 Å². The van der Waals surface area contributed by atoms with Gasteiger partial charge >= 0.3 is 6.18 Å². The van der Waals surface area contributed by atoms with E-state index < -0.39 is 12.0 Å². The second-order valence-electron chi connectivity index (χ2n) is 8.07. The molecular weight excluding hydrogens is 467 g/mol. The number of carbonyl (C=O) groups excluding carboxylic acids is 1. The van der Waals surface area contributed by atoms with Crippen molar-refractivity contribution in [3.8, 4) is 11.3 Å². The maximum Gasteiger partial charge on any atom is 0.453 e. The summed E-state index contributed by atoms with van der Waals surface area (Å²) in [6.07, 6.45) is -3.53. The number of aromatic nitrogens is 5. The van der Waals surface area contributed by atoms with Crippen molar-refractivity contribution in [2.45, 2.75) is 25.9 Å². The first-order chi connectivity index (χ1) is 16.3. The monoisotopic (exact) mass is 487 g/mol. The molecule has 0 saturated carbocycles. The van der Waals surface area contributed by atoms with Gasteiger partial charge in [-0.2, -0.15) is 17.7 Å². The van der Waals surface area contributed by atoms with Crippen molar-refractivity contribution in [1.29, 1.82) is 0 Å². The van der Waals surface area contributed by atoms with Gasteiger partial charge in [-0.05, 0) is 44.0 Å². The fourth-order valence-corrected chi connectivity index (χ4v) is 4.61. The highest BCUT2D eigenvalue weighted by molar-refractivity contribution is 7.09. The van der Waals surface area contributed by atoms with Crippen LogP contribution in [-0.2, 0) is 11.0 Å². The number of amides is 1. The molecule has 1 aromatic carbocycles. The Morgan fingerprint density at radius 3 is 2.65 bits per heavy atom. The summed E-state index contributed by atoms with van der Waals surface area (Å²) in [6, 6.07) is 10.7. The van der Waals surface area contributed by atoms with Gasteiger partial charge in [0.1, 0.15) is 5.82 Å². The highest BCUT2D eigenvalue weighted by atomic mass is 32.1. The number of benzene rings is 1. The molecule has 5 rings (SSSR count). The Hall–Kier alpha value is -3.54. The molecule has 12 heteroatoms. The van der Waals surface area contributed by atoms with Gasteiger partial charge in [-0.25, -0.2) is 4.98 Å². The van der Waals surface area contributed by atoms with E-state index in [0.717, 1.165) is 16.3 Å². The molecule has 0 bridgehead atoms. The molecular formula is C22H20F3N7OS. The second-order valence-corrected chi connectivity index (χ2v) is 9.13. The van der Waals surface area contributed by atoms with Crippen molar-refractivity contribution >= 4 is 34.4 Å². The van der Waals surface area contributed by atoms with Gasteiger partial charge in [-0.15, -0.1) is 26.6 Å². The molecule has 3 aromatic heterocycles. The zero-order valence-electron chi connectivity index (χ0n) is 18.1. The van der Waals surface area contributed by atoms with E-state index in [2.05, 4.69) is 25.6 Å². The Kier molecular flexibility index (Phi) is 5.68. The first-order valence-electron chi connectivity index (χ1n) is 10.7. The largest absolute Gasteiger partial charge is 0.453 e. The predicted octanol–water partition coefficient (Wildman–Crippen LogP) is 4.43. The van der Waals surface area contributed by atoms with Gasteiger partial charge in [0.05, 0.1) is 10.7 Å². The molecule has 0 atom stereocenters. The number of fused-ring (bicyclic) bond motifs is 1. The Morgan fingerprint density at radius 2 is 1.94 bits per heavy atom. The minimum Gasteiger partial charge on any atom is -0.355 e. The van der Waals surface area contributed by atoms with Crippen LogP contribution in [0.2, 0.25) is 0 Å². The predicted molar refractivity (Wildman–Crippen MR) is 122 cm³/mol. The number of piperidine rings is 1. The molecule has 1 N–H and O–H groups in total. The number of nitrogens with zero attached hydrogens (tertiary/aromatic N) is 6. The summed E-state index contributed by atoms with van der Waals surface area (Å²) in [5.74, 6) is -1.05. The lowest BCUT2D eigenvalue weighted by Gasteiger charge is -2.32. The van der Waals surface area contributed by atoms with E-state index in [0.29, 0.717) is 42.0 Å². The molecule has 0 spiro atoms. The van der Waals surface area contributed by atoms with E-state index in [-0.39, 0.29) is 17.5 Å². The maximum atomic E-state index is 13.1. The average Bonchev–Trinajstić information content (AvgIpc) is 3.45. The number of hydrogen-bond donors (Lipinski definition) is 1. The molecule has 1 fully saturated rings. The number of hydrogen-bond acceptors (Lipinski definition) is 7. The Balaban J connectivity index is 1.24. The van der Waals surface area contributed by atoms with Crippen molar-refractivity contribution in [2.75, 3.05) is 23.3 Å². The number of nitrogens with one attached hydrogen (secondary N) is 1. The van der Waals surface area contributed by atoms with Crippen molar-refractivity contribution in [3.63, 3.8) is 0 Å². The zero-order chi connectivity index (χ0) is 23.9. The maximum absolute atomic E-state index is 13.1. The number of rotatable bonds is 4. The molecule has 1 aliphatic rings. The van der Waals surface area contributed by atoms with Crippen LogP contribution in [0.3, 0.4) is 0 Å². The van der Waals surface area contributed by atoms with E-state index in [1.807, 2.05) is 41.5 Å². The standard InChI is InChI=1S/C22H20F3N7OS/c1-13-26-17(12-34-13)15-3-2-4-16(11-15)27-20(33)14-7-9-31(10-8-14)19-6-5-18-28-29-21(22(23,24)25)32(18)30-19/h2-6,11-12,14H,7-10H2,1H3,(H,27,33). The molecule has 8 nitrogen and oxygen atoms in total. The van der Waals surface area contributed by atoms with Crippen molar-refractivity contribution in [2.24, 2.45) is 5.92 Å². The SMILES string of the molecule is Cc1nc(-c2cccc(NC(=O)C3CCN(c4ccc5nnc(C(F)(F)F)n5n4)CC3)c2)cs1. The van der Waals surface area contributed by atoms with Crippen molar-refractivity contribution < 1.29 is 18.0 Å². The van der Waals surface area contributed by atoms with Crippen molar-refractivity contribution in [1.82, 2.24) is 24.8 Å². The summed E-state index contributed by atoms with van der Waals surface area (Å²) < 4.78 is 40.1. The molecule has 4 heterocycles. The number of thiazole rings is 1. The Morgan fingerprint density at radius 1 is 1.15 bits per heavy atom. The molecule has 34 heavy (non-hydrogen) atoms. The Labute approximate surface area is 196 Å². The van der Waals surface area contributed by atoms with Crippen LogP contribution in [0.1, 0.15) is 23.7 Å². The van der Waals surface area contributed by atoms with E-state index >= 15 is 0 Å². The summed E-state index contributed by atoms with van der Waals surface area (Å²) >= 11 is 1.57. The molecule has 1 aliphatic heterocycles. The minimum atomic E-state index is -4.65. The number of alkyl halides is 3. The van der Waals surface area contributed by atoms with Crippen molar-refractivity contribution in [3.05, 3.63) is 52.6 Å². The van der Waals surface area contributed by atoms with Gasteiger partial charge in [0.15, 0.2) is 5.65 Å². The fraction of sp³-hybridized carbons (Fsp3) is 0.318. The van der Waals surface area contributed by atoms with Crippen LogP contribution >= 0.6 is 11.3 Å². The summed E-state index contributed by atoms with van der Waals surface area (Å²) in [5, 5.41) is 16.8. The van der Waals surface area contributed by atoms with Gasteiger partial charge in [0, 0.05) is 35.6 Å². The minimum absolute atomic E-state index is 0.0281. The average molecular weight is 488 g/mol. The van der Waals surface area contributed by atoms with Crippen LogP contribution in [0, 0.1) is 12.8 Å². The highest BCUT2D eigenvalue weighted by Crippen LogP contribution is 2.29. The summed E-state index contributed by atoms with van der Waals surface area (Å²) in [7, 11) is 0. The van der Waals surface area contributed by atoms with Crippen LogP contribution in [-0.4, -0.2) is 43.8 Å². The molecule has 0 unspecified atom stereocenters. The summed E-state index contributed by atoms with van der Waals surface area (Å²) in [4.78, 5) is 19.2. The third-order valence-corrected chi connectivity index (χ3v) is 6.51. The normalized spacial score (nSPS) is 15.1. The lowest BCUT2D eigenvalue weighted by Crippen LogP contribution is -2.38. The van der Waals surface area contributed by atoms with E-state index in [1.54, 1.807) is 17.4 Å². The summed E-state index contributed by atoms with van der Waals surface area (Å²) in [5.41, 5.74) is 2.54. The van der Waals surface area contributed by atoms with Gasteiger partial charge in [-0.1, -0.05) is 12.1 Å². The number of anilines is 2. The number of halogens is 3. The summed E-state index contributed by atoms with van der Waals surface area (Å²) in [6.45, 7) is 2.94. The number of carbonyl (C=O) groups is 1. The first-order valence-corrected chi connectivity index (χ1v) is 11.5. The number of aryl methyl sites for hydroxylation is 1. The lowest BCUT2D eigenvalue weighted by atomic mass is 9.95. The smallest absolute Gasteiger partial charge is 0.355 e. The first kappa shape index (κ1) is 22.3. The molecule has 1 saturated heterocycles. The third kappa shape index (κ3) is 4.45. The topological polar surface area (TPSA) is 88.3 Å². The van der Waals surface area contributed by atoms with Crippen LogP contribution in [0.25, 0.3) is 16.9 Å². The van der Waals surface area contributed by atoms with E-state index in [4.69, 9.17) is 0 Å². The van der Waals surface area contributed by atoms with Gasteiger partial charge in [0.25, 0.3) is 5.82 Å². The second kappa shape index (κ2) is 8.67. The molecule has 176 valence electrons. The zero-order valence-corrected chi connectivity index (χ0v) is 18.9. The van der Waals surface area contributed by atoms with E-state index in [1.165, 1.54) is 6.07 Å². The van der Waals surface area contributed by atoms with Crippen LogP contribution < -0.4 is 10.2 Å². The molecule has 4 aromatic rings.